The zero-order valence-corrected chi connectivity index (χ0v) is 10.2. The monoisotopic (exact) mass is 245 g/mol. The SMILES string of the molecule is COC1=C(C(=O)Oc2cccc(N)c2)CCC=C1. The molecule has 4 nitrogen and oxygen atoms in total. The van der Waals surface area contributed by atoms with Crippen molar-refractivity contribution in [1.29, 1.82) is 0 Å². The minimum Gasteiger partial charge on any atom is -0.496 e. The number of carbonyl (C=O) groups excluding carboxylic acids is 1. The molecule has 0 aromatic heterocycles. The maximum atomic E-state index is 12.0. The van der Waals surface area contributed by atoms with E-state index < -0.39 is 0 Å². The van der Waals surface area contributed by atoms with Crippen LogP contribution >= 0.6 is 0 Å². The topological polar surface area (TPSA) is 61.5 Å². The van der Waals surface area contributed by atoms with Gasteiger partial charge in [-0.2, -0.15) is 0 Å². The Hall–Kier alpha value is -2.23. The fraction of sp³-hybridized carbons (Fsp3) is 0.214. The van der Waals surface area contributed by atoms with Crippen LogP contribution in [0.4, 0.5) is 5.69 Å². The molecule has 0 fully saturated rings. The number of carbonyl (C=O) groups is 1. The van der Waals surface area contributed by atoms with Crippen LogP contribution in [-0.4, -0.2) is 13.1 Å². The summed E-state index contributed by atoms with van der Waals surface area (Å²) in [5.74, 6) is 0.620. The minimum atomic E-state index is -0.387. The first-order valence-electron chi connectivity index (χ1n) is 5.72. The smallest absolute Gasteiger partial charge is 0.343 e. The van der Waals surface area contributed by atoms with Gasteiger partial charge in [0.1, 0.15) is 11.5 Å². The number of hydrogen-bond acceptors (Lipinski definition) is 4. The Balaban J connectivity index is 2.17. The lowest BCUT2D eigenvalue weighted by Crippen LogP contribution is -2.15. The summed E-state index contributed by atoms with van der Waals surface area (Å²) in [4.78, 5) is 12.0. The highest BCUT2D eigenvalue weighted by Crippen LogP contribution is 2.22. The predicted octanol–water partition coefficient (Wildman–Crippen LogP) is 2.42. The Labute approximate surface area is 106 Å². The van der Waals surface area contributed by atoms with Crippen LogP contribution in [0.15, 0.2) is 47.7 Å². The first kappa shape index (κ1) is 12.2. The molecular formula is C14H15NO3. The van der Waals surface area contributed by atoms with E-state index in [1.807, 2.05) is 6.08 Å². The van der Waals surface area contributed by atoms with E-state index in [0.717, 1.165) is 6.42 Å². The standard InChI is InChI=1S/C14H15NO3/c1-17-13-8-3-2-7-12(13)14(16)18-11-6-4-5-10(15)9-11/h3-6,8-9H,2,7,15H2,1H3. The van der Waals surface area contributed by atoms with Gasteiger partial charge in [0.2, 0.25) is 0 Å². The number of hydrogen-bond donors (Lipinski definition) is 1. The number of anilines is 1. The zero-order valence-electron chi connectivity index (χ0n) is 10.2. The molecule has 1 aromatic carbocycles. The van der Waals surface area contributed by atoms with E-state index in [0.29, 0.717) is 29.2 Å². The number of esters is 1. The van der Waals surface area contributed by atoms with E-state index in [1.165, 1.54) is 0 Å². The van der Waals surface area contributed by atoms with Crippen molar-refractivity contribution in [3.05, 3.63) is 47.7 Å². The first-order chi connectivity index (χ1) is 8.70. The Bertz CT molecular complexity index is 518. The minimum absolute atomic E-state index is 0.387. The molecule has 94 valence electrons. The van der Waals surface area contributed by atoms with E-state index in [9.17, 15) is 4.79 Å². The number of methoxy groups -OCH3 is 1. The van der Waals surface area contributed by atoms with Gasteiger partial charge in [0.05, 0.1) is 12.7 Å². The van der Waals surface area contributed by atoms with Crippen molar-refractivity contribution in [2.75, 3.05) is 12.8 Å². The molecule has 2 rings (SSSR count). The van der Waals surface area contributed by atoms with Crippen LogP contribution in [0.2, 0.25) is 0 Å². The lowest BCUT2D eigenvalue weighted by molar-refractivity contribution is -0.130. The number of ether oxygens (including phenoxy) is 2. The maximum absolute atomic E-state index is 12.0. The Kier molecular flexibility index (Phi) is 3.67. The Morgan fingerprint density at radius 3 is 2.94 bits per heavy atom. The second-order valence-corrected chi connectivity index (χ2v) is 3.95. The van der Waals surface area contributed by atoms with Gasteiger partial charge in [-0.3, -0.25) is 0 Å². The molecule has 4 heteroatoms. The maximum Gasteiger partial charge on any atom is 0.343 e. The molecule has 1 aliphatic rings. The van der Waals surface area contributed by atoms with Crippen molar-refractivity contribution in [3.63, 3.8) is 0 Å². The summed E-state index contributed by atoms with van der Waals surface area (Å²) >= 11 is 0. The molecule has 2 N–H and O–H groups in total. The first-order valence-corrected chi connectivity index (χ1v) is 5.72. The van der Waals surface area contributed by atoms with Gasteiger partial charge in [-0.15, -0.1) is 0 Å². The summed E-state index contributed by atoms with van der Waals surface area (Å²) in [5.41, 5.74) is 6.74. The number of rotatable bonds is 3. The zero-order chi connectivity index (χ0) is 13.0. The second-order valence-electron chi connectivity index (χ2n) is 3.95. The molecule has 0 heterocycles. The molecule has 0 unspecified atom stereocenters. The van der Waals surface area contributed by atoms with Gasteiger partial charge in [-0.1, -0.05) is 12.1 Å². The van der Waals surface area contributed by atoms with Gasteiger partial charge in [0, 0.05) is 11.8 Å². The third-order valence-corrected chi connectivity index (χ3v) is 2.66. The summed E-state index contributed by atoms with van der Waals surface area (Å²) in [6, 6.07) is 6.79. The molecule has 0 saturated carbocycles. The highest BCUT2D eigenvalue weighted by atomic mass is 16.5. The summed E-state index contributed by atoms with van der Waals surface area (Å²) < 4.78 is 10.4. The van der Waals surface area contributed by atoms with Crippen LogP contribution in [-0.2, 0) is 9.53 Å². The van der Waals surface area contributed by atoms with Crippen molar-refractivity contribution >= 4 is 11.7 Å². The van der Waals surface area contributed by atoms with Crippen molar-refractivity contribution < 1.29 is 14.3 Å². The van der Waals surface area contributed by atoms with E-state index in [4.69, 9.17) is 15.2 Å². The van der Waals surface area contributed by atoms with Crippen LogP contribution in [0.1, 0.15) is 12.8 Å². The van der Waals surface area contributed by atoms with Crippen molar-refractivity contribution in [3.8, 4) is 5.75 Å². The fourth-order valence-electron chi connectivity index (χ4n) is 1.78. The van der Waals surface area contributed by atoms with E-state index >= 15 is 0 Å². The van der Waals surface area contributed by atoms with Crippen LogP contribution in [0.25, 0.3) is 0 Å². The largest absolute Gasteiger partial charge is 0.496 e. The molecule has 0 bridgehead atoms. The third kappa shape index (κ3) is 2.71. The lowest BCUT2D eigenvalue weighted by atomic mass is 10.0. The van der Waals surface area contributed by atoms with Crippen molar-refractivity contribution in [2.24, 2.45) is 0 Å². The molecule has 0 radical (unpaired) electrons. The summed E-state index contributed by atoms with van der Waals surface area (Å²) in [5, 5.41) is 0. The Morgan fingerprint density at radius 2 is 2.22 bits per heavy atom. The molecule has 0 saturated heterocycles. The molecule has 0 atom stereocenters. The van der Waals surface area contributed by atoms with Crippen LogP contribution in [0.3, 0.4) is 0 Å². The molecule has 1 aliphatic carbocycles. The molecule has 0 amide bonds. The quantitative estimate of drug-likeness (QED) is 0.504. The number of allylic oxidation sites excluding steroid dienone is 2. The summed E-state index contributed by atoms with van der Waals surface area (Å²) in [7, 11) is 1.54. The lowest BCUT2D eigenvalue weighted by Gasteiger charge is -2.14. The molecular weight excluding hydrogens is 230 g/mol. The van der Waals surface area contributed by atoms with Crippen molar-refractivity contribution in [2.45, 2.75) is 12.8 Å². The van der Waals surface area contributed by atoms with Gasteiger partial charge >= 0.3 is 5.97 Å². The van der Waals surface area contributed by atoms with Crippen LogP contribution in [0, 0.1) is 0 Å². The highest BCUT2D eigenvalue weighted by Gasteiger charge is 2.19. The number of benzene rings is 1. The normalized spacial score (nSPS) is 14.5. The average Bonchev–Trinajstić information content (AvgIpc) is 2.38. The van der Waals surface area contributed by atoms with Gasteiger partial charge in [-0.25, -0.2) is 4.79 Å². The van der Waals surface area contributed by atoms with Gasteiger partial charge in [0.15, 0.2) is 0 Å². The second kappa shape index (κ2) is 5.40. The fourth-order valence-corrected chi connectivity index (χ4v) is 1.78. The van der Waals surface area contributed by atoms with Gasteiger partial charge in [-0.05, 0) is 31.1 Å². The molecule has 1 aromatic rings. The van der Waals surface area contributed by atoms with E-state index in [1.54, 1.807) is 37.5 Å². The van der Waals surface area contributed by atoms with Crippen molar-refractivity contribution in [1.82, 2.24) is 0 Å². The molecule has 0 spiro atoms. The highest BCUT2D eigenvalue weighted by molar-refractivity contribution is 5.91. The third-order valence-electron chi connectivity index (χ3n) is 2.66. The van der Waals surface area contributed by atoms with E-state index in [-0.39, 0.29) is 5.97 Å². The molecule has 0 aliphatic heterocycles. The van der Waals surface area contributed by atoms with E-state index in [2.05, 4.69) is 0 Å². The predicted molar refractivity (Wildman–Crippen MR) is 68.9 cm³/mol. The average molecular weight is 245 g/mol. The number of nitrogens with two attached hydrogens (primary N) is 1. The number of nitrogen functional groups attached to an aromatic ring is 1. The van der Waals surface area contributed by atoms with Crippen LogP contribution in [0.5, 0.6) is 5.75 Å². The van der Waals surface area contributed by atoms with Gasteiger partial charge in [0.25, 0.3) is 0 Å². The Morgan fingerprint density at radius 1 is 1.39 bits per heavy atom. The van der Waals surface area contributed by atoms with Gasteiger partial charge < -0.3 is 15.2 Å². The summed E-state index contributed by atoms with van der Waals surface area (Å²) in [6.45, 7) is 0. The van der Waals surface area contributed by atoms with Crippen LogP contribution < -0.4 is 10.5 Å². The molecule has 18 heavy (non-hydrogen) atoms. The summed E-state index contributed by atoms with van der Waals surface area (Å²) in [6.07, 6.45) is 5.20.